The molecule has 0 bridgehead atoms. The van der Waals surface area contributed by atoms with Crippen molar-refractivity contribution < 1.29 is 8.42 Å². The third kappa shape index (κ3) is 5.38. The van der Waals surface area contributed by atoms with Crippen LogP contribution in [0.2, 0.25) is 0 Å². The number of aromatic nitrogens is 3. The van der Waals surface area contributed by atoms with Gasteiger partial charge in [-0.05, 0) is 42.0 Å². The van der Waals surface area contributed by atoms with Crippen LogP contribution in [0.5, 0.6) is 0 Å². The Kier molecular flexibility index (Phi) is 7.10. The van der Waals surface area contributed by atoms with Gasteiger partial charge in [0.05, 0.1) is 5.75 Å². The van der Waals surface area contributed by atoms with Crippen molar-refractivity contribution in [1.82, 2.24) is 14.2 Å². The summed E-state index contributed by atoms with van der Waals surface area (Å²) in [5, 5.41) is 10.4. The molecule has 1 heterocycles. The van der Waals surface area contributed by atoms with Gasteiger partial charge in [-0.3, -0.25) is 0 Å². The van der Waals surface area contributed by atoms with Crippen LogP contribution in [0, 0.1) is 0 Å². The molecular formula is C22H29N5O2S. The molecule has 30 heavy (non-hydrogen) atoms. The minimum Gasteiger partial charge on any atom is -0.349 e. The standard InChI is InChI=1S/C22H29N5O2S/c1-4-17-7-11-19(12-8-17)15-23-21-25-22(27(26-21)30(28,29)6-3)24-16-20-13-9-18(5-2)10-14-20/h7-14H,4-6,15-16H2,1-3H3,(H2,23,24,25,26). The first-order chi connectivity index (χ1) is 14.4. The van der Waals surface area contributed by atoms with Crippen LogP contribution in [0.3, 0.4) is 0 Å². The fourth-order valence-electron chi connectivity index (χ4n) is 2.94. The van der Waals surface area contributed by atoms with Crippen molar-refractivity contribution in [3.05, 3.63) is 70.8 Å². The highest BCUT2D eigenvalue weighted by atomic mass is 32.2. The molecule has 0 atom stereocenters. The van der Waals surface area contributed by atoms with Crippen LogP contribution in [0.25, 0.3) is 0 Å². The summed E-state index contributed by atoms with van der Waals surface area (Å²) >= 11 is 0. The Balaban J connectivity index is 1.74. The summed E-state index contributed by atoms with van der Waals surface area (Å²) in [5.41, 5.74) is 4.65. The minimum absolute atomic E-state index is 0.0614. The van der Waals surface area contributed by atoms with Gasteiger partial charge < -0.3 is 10.6 Å². The molecular weight excluding hydrogens is 398 g/mol. The third-order valence-electron chi connectivity index (χ3n) is 4.97. The predicted octanol–water partition coefficient (Wildman–Crippen LogP) is 3.82. The summed E-state index contributed by atoms with van der Waals surface area (Å²) < 4.78 is 25.9. The smallest absolute Gasteiger partial charge is 0.256 e. The van der Waals surface area contributed by atoms with E-state index in [0.29, 0.717) is 13.1 Å². The average Bonchev–Trinajstić information content (AvgIpc) is 3.21. The van der Waals surface area contributed by atoms with Crippen molar-refractivity contribution in [2.24, 2.45) is 0 Å². The van der Waals surface area contributed by atoms with Gasteiger partial charge in [-0.2, -0.15) is 4.98 Å². The Morgan fingerprint density at radius 3 is 1.70 bits per heavy atom. The minimum atomic E-state index is -3.57. The molecule has 0 spiro atoms. The van der Waals surface area contributed by atoms with E-state index in [-0.39, 0.29) is 17.6 Å². The van der Waals surface area contributed by atoms with E-state index in [4.69, 9.17) is 0 Å². The predicted molar refractivity (Wildman–Crippen MR) is 121 cm³/mol. The molecule has 3 aromatic rings. The van der Waals surface area contributed by atoms with Gasteiger partial charge in [0.1, 0.15) is 0 Å². The normalized spacial score (nSPS) is 11.4. The molecule has 8 heteroatoms. The highest BCUT2D eigenvalue weighted by Crippen LogP contribution is 2.16. The molecule has 160 valence electrons. The number of aryl methyl sites for hydroxylation is 2. The maximum Gasteiger partial charge on any atom is 0.256 e. The van der Waals surface area contributed by atoms with Crippen molar-refractivity contribution in [3.63, 3.8) is 0 Å². The molecule has 0 saturated carbocycles. The van der Waals surface area contributed by atoms with Crippen LogP contribution in [0.4, 0.5) is 11.9 Å². The van der Waals surface area contributed by atoms with Gasteiger partial charge >= 0.3 is 0 Å². The second-order valence-electron chi connectivity index (χ2n) is 7.05. The first-order valence-electron chi connectivity index (χ1n) is 10.3. The molecule has 0 fully saturated rings. The number of anilines is 2. The van der Waals surface area contributed by atoms with Gasteiger partial charge in [0, 0.05) is 13.1 Å². The van der Waals surface area contributed by atoms with E-state index in [1.54, 1.807) is 6.92 Å². The molecule has 0 unspecified atom stereocenters. The topological polar surface area (TPSA) is 88.9 Å². The summed E-state index contributed by atoms with van der Waals surface area (Å²) in [5.74, 6) is 0.421. The summed E-state index contributed by atoms with van der Waals surface area (Å²) in [4.78, 5) is 4.37. The van der Waals surface area contributed by atoms with Crippen molar-refractivity contribution in [2.75, 3.05) is 16.4 Å². The van der Waals surface area contributed by atoms with Crippen LogP contribution in [-0.4, -0.2) is 28.3 Å². The molecule has 2 N–H and O–H groups in total. The monoisotopic (exact) mass is 427 g/mol. The van der Waals surface area contributed by atoms with E-state index >= 15 is 0 Å². The van der Waals surface area contributed by atoms with E-state index in [2.05, 4.69) is 58.8 Å². The van der Waals surface area contributed by atoms with Crippen molar-refractivity contribution in [2.45, 2.75) is 46.7 Å². The molecule has 0 radical (unpaired) electrons. The second kappa shape index (κ2) is 9.75. The largest absolute Gasteiger partial charge is 0.349 e. The first-order valence-corrected chi connectivity index (χ1v) is 11.9. The number of nitrogens with one attached hydrogen (secondary N) is 2. The summed E-state index contributed by atoms with van der Waals surface area (Å²) in [6.07, 6.45) is 1.97. The fourth-order valence-corrected chi connectivity index (χ4v) is 3.76. The zero-order valence-electron chi connectivity index (χ0n) is 17.7. The molecule has 0 saturated heterocycles. The van der Waals surface area contributed by atoms with E-state index < -0.39 is 10.0 Å². The van der Waals surface area contributed by atoms with Gasteiger partial charge in [0.2, 0.25) is 11.9 Å². The number of hydrogen-bond donors (Lipinski definition) is 2. The van der Waals surface area contributed by atoms with E-state index in [9.17, 15) is 8.42 Å². The Morgan fingerprint density at radius 1 is 0.767 bits per heavy atom. The van der Waals surface area contributed by atoms with Gasteiger partial charge in [-0.1, -0.05) is 62.4 Å². The van der Waals surface area contributed by atoms with Crippen LogP contribution in [0.15, 0.2) is 48.5 Å². The van der Waals surface area contributed by atoms with Gasteiger partial charge in [0.25, 0.3) is 10.0 Å². The maximum atomic E-state index is 12.5. The Bertz CT molecular complexity index is 1060. The second-order valence-corrected chi connectivity index (χ2v) is 9.14. The zero-order chi connectivity index (χ0) is 21.6. The number of rotatable bonds is 10. The summed E-state index contributed by atoms with van der Waals surface area (Å²) in [6.45, 7) is 6.79. The summed E-state index contributed by atoms with van der Waals surface area (Å²) in [6, 6.07) is 16.5. The van der Waals surface area contributed by atoms with Gasteiger partial charge in [-0.25, -0.2) is 8.42 Å². The maximum absolute atomic E-state index is 12.5. The van der Waals surface area contributed by atoms with Crippen LogP contribution >= 0.6 is 0 Å². The number of nitrogens with zero attached hydrogens (tertiary/aromatic N) is 3. The van der Waals surface area contributed by atoms with E-state index in [0.717, 1.165) is 28.1 Å². The van der Waals surface area contributed by atoms with Crippen LogP contribution in [0.1, 0.15) is 43.0 Å². The van der Waals surface area contributed by atoms with E-state index in [1.165, 1.54) is 11.1 Å². The Labute approximate surface area is 178 Å². The molecule has 3 rings (SSSR count). The first kappa shape index (κ1) is 21.8. The van der Waals surface area contributed by atoms with Crippen LogP contribution in [-0.2, 0) is 36.0 Å². The zero-order valence-corrected chi connectivity index (χ0v) is 18.5. The van der Waals surface area contributed by atoms with E-state index in [1.807, 2.05) is 24.3 Å². The quantitative estimate of drug-likeness (QED) is 0.511. The van der Waals surface area contributed by atoms with Gasteiger partial charge in [-0.15, -0.1) is 9.19 Å². The number of benzene rings is 2. The summed E-state index contributed by atoms with van der Waals surface area (Å²) in [7, 11) is -3.57. The molecule has 7 nitrogen and oxygen atoms in total. The Hall–Kier alpha value is -2.87. The molecule has 0 aliphatic carbocycles. The molecule has 2 aromatic carbocycles. The van der Waals surface area contributed by atoms with Crippen molar-refractivity contribution >= 4 is 21.9 Å². The van der Waals surface area contributed by atoms with Crippen molar-refractivity contribution in [3.8, 4) is 0 Å². The molecule has 0 amide bonds. The molecule has 0 aliphatic rings. The highest BCUT2D eigenvalue weighted by Gasteiger charge is 2.20. The van der Waals surface area contributed by atoms with Crippen molar-refractivity contribution in [1.29, 1.82) is 0 Å². The molecule has 1 aromatic heterocycles. The molecule has 0 aliphatic heterocycles. The SMILES string of the molecule is CCc1ccc(CNc2nc(NCc3ccc(CC)cc3)n(S(=O)(=O)CC)n2)cc1. The fraction of sp³-hybridized carbons (Fsp3) is 0.364. The lowest BCUT2D eigenvalue weighted by Gasteiger charge is -2.08. The van der Waals surface area contributed by atoms with Crippen LogP contribution < -0.4 is 10.6 Å². The van der Waals surface area contributed by atoms with Gasteiger partial charge in [0.15, 0.2) is 0 Å². The third-order valence-corrected chi connectivity index (χ3v) is 6.48. The lowest BCUT2D eigenvalue weighted by Crippen LogP contribution is -2.19. The highest BCUT2D eigenvalue weighted by molar-refractivity contribution is 7.89. The Morgan fingerprint density at radius 2 is 1.23 bits per heavy atom. The number of hydrogen-bond acceptors (Lipinski definition) is 6. The lowest BCUT2D eigenvalue weighted by molar-refractivity contribution is 0.582. The average molecular weight is 428 g/mol. The lowest BCUT2D eigenvalue weighted by atomic mass is 10.1.